The molecule has 3 heteroatoms. The van der Waals surface area contributed by atoms with Crippen molar-refractivity contribution in [3.63, 3.8) is 0 Å². The standard InChI is InChI=1S/C17H23NO2/c1-6-20-10-14-11(2)13-8-7-12(17(3,4)5)9-15(13)18-16(14)19/h7-9H,6,10H2,1-5H3,(H,18,19). The Hall–Kier alpha value is -1.61. The summed E-state index contributed by atoms with van der Waals surface area (Å²) >= 11 is 0. The number of hydrogen-bond donors (Lipinski definition) is 1. The van der Waals surface area contributed by atoms with Crippen molar-refractivity contribution in [1.29, 1.82) is 0 Å². The number of rotatable bonds is 3. The third-order valence-corrected chi connectivity index (χ3v) is 3.72. The van der Waals surface area contributed by atoms with E-state index in [-0.39, 0.29) is 11.0 Å². The number of aromatic nitrogens is 1. The first kappa shape index (κ1) is 14.8. The molecule has 0 aliphatic rings. The van der Waals surface area contributed by atoms with Crippen LogP contribution in [-0.4, -0.2) is 11.6 Å². The van der Waals surface area contributed by atoms with Crippen molar-refractivity contribution < 1.29 is 4.74 Å². The van der Waals surface area contributed by atoms with Crippen LogP contribution in [0.3, 0.4) is 0 Å². The van der Waals surface area contributed by atoms with Crippen LogP contribution in [0.4, 0.5) is 0 Å². The molecule has 2 aromatic rings. The molecule has 0 saturated carbocycles. The summed E-state index contributed by atoms with van der Waals surface area (Å²) in [6, 6.07) is 6.31. The summed E-state index contributed by atoms with van der Waals surface area (Å²) in [6.45, 7) is 11.4. The van der Waals surface area contributed by atoms with Crippen molar-refractivity contribution in [2.45, 2.75) is 46.6 Å². The summed E-state index contributed by atoms with van der Waals surface area (Å²) in [5, 5.41) is 1.09. The van der Waals surface area contributed by atoms with Gasteiger partial charge in [-0.3, -0.25) is 4.79 Å². The van der Waals surface area contributed by atoms with Gasteiger partial charge in [0, 0.05) is 23.1 Å². The Balaban J connectivity index is 2.61. The molecule has 1 aromatic heterocycles. The number of benzene rings is 1. The lowest BCUT2D eigenvalue weighted by Gasteiger charge is -2.20. The minimum absolute atomic E-state index is 0.0468. The Bertz CT molecular complexity index is 678. The highest BCUT2D eigenvalue weighted by Crippen LogP contribution is 2.26. The average molecular weight is 273 g/mol. The van der Waals surface area contributed by atoms with Gasteiger partial charge in [0.05, 0.1) is 6.61 Å². The van der Waals surface area contributed by atoms with Crippen LogP contribution in [0.5, 0.6) is 0 Å². The molecule has 0 aliphatic heterocycles. The monoisotopic (exact) mass is 273 g/mol. The van der Waals surface area contributed by atoms with Crippen LogP contribution in [0.15, 0.2) is 23.0 Å². The van der Waals surface area contributed by atoms with E-state index in [1.807, 2.05) is 13.8 Å². The zero-order valence-electron chi connectivity index (χ0n) is 13.0. The van der Waals surface area contributed by atoms with Crippen LogP contribution >= 0.6 is 0 Å². The number of pyridine rings is 1. The zero-order chi connectivity index (χ0) is 14.9. The number of nitrogens with one attached hydrogen (secondary N) is 1. The number of H-pyrrole nitrogens is 1. The second-order valence-corrected chi connectivity index (χ2v) is 6.21. The summed E-state index contributed by atoms with van der Waals surface area (Å²) in [7, 11) is 0. The maximum absolute atomic E-state index is 12.2. The Morgan fingerprint density at radius 2 is 1.95 bits per heavy atom. The highest BCUT2D eigenvalue weighted by atomic mass is 16.5. The molecule has 0 spiro atoms. The lowest BCUT2D eigenvalue weighted by molar-refractivity contribution is 0.133. The van der Waals surface area contributed by atoms with E-state index in [4.69, 9.17) is 4.74 Å². The van der Waals surface area contributed by atoms with Gasteiger partial charge in [0.1, 0.15) is 0 Å². The molecule has 2 rings (SSSR count). The molecule has 0 radical (unpaired) electrons. The lowest BCUT2D eigenvalue weighted by Crippen LogP contribution is -2.17. The van der Waals surface area contributed by atoms with Crippen LogP contribution in [-0.2, 0) is 16.8 Å². The molecule has 0 aliphatic carbocycles. The van der Waals surface area contributed by atoms with Crippen molar-refractivity contribution in [2.24, 2.45) is 0 Å². The predicted molar refractivity (Wildman–Crippen MR) is 83.3 cm³/mol. The van der Waals surface area contributed by atoms with Crippen molar-refractivity contribution >= 4 is 10.9 Å². The number of hydrogen-bond acceptors (Lipinski definition) is 2. The first-order chi connectivity index (χ1) is 9.34. The lowest BCUT2D eigenvalue weighted by atomic mass is 9.86. The Morgan fingerprint density at radius 1 is 1.25 bits per heavy atom. The number of aryl methyl sites for hydroxylation is 1. The number of aromatic amines is 1. The summed E-state index contributed by atoms with van der Waals surface area (Å²) in [5.41, 5.74) is 3.89. The molecule has 0 amide bonds. The van der Waals surface area contributed by atoms with Gasteiger partial charge in [-0.15, -0.1) is 0 Å². The number of fused-ring (bicyclic) bond motifs is 1. The molecule has 108 valence electrons. The summed E-state index contributed by atoms with van der Waals surface area (Å²) < 4.78 is 5.39. The molecule has 3 nitrogen and oxygen atoms in total. The molecule has 1 N–H and O–H groups in total. The fraction of sp³-hybridized carbons (Fsp3) is 0.471. The van der Waals surface area contributed by atoms with Gasteiger partial charge < -0.3 is 9.72 Å². The Kier molecular flexibility index (Phi) is 4.00. The van der Waals surface area contributed by atoms with E-state index in [0.717, 1.165) is 22.0 Å². The van der Waals surface area contributed by atoms with Crippen molar-refractivity contribution in [1.82, 2.24) is 4.98 Å². The maximum Gasteiger partial charge on any atom is 0.254 e. The summed E-state index contributed by atoms with van der Waals surface area (Å²) in [5.74, 6) is 0. The van der Waals surface area contributed by atoms with Gasteiger partial charge in [-0.05, 0) is 36.5 Å². The normalized spacial score (nSPS) is 12.1. The quantitative estimate of drug-likeness (QED) is 0.927. The van der Waals surface area contributed by atoms with E-state index in [2.05, 4.69) is 44.0 Å². The maximum atomic E-state index is 12.2. The van der Waals surface area contributed by atoms with Crippen LogP contribution in [0.2, 0.25) is 0 Å². The topological polar surface area (TPSA) is 42.1 Å². The fourth-order valence-corrected chi connectivity index (χ4v) is 2.35. The molecular weight excluding hydrogens is 250 g/mol. The molecule has 20 heavy (non-hydrogen) atoms. The fourth-order valence-electron chi connectivity index (χ4n) is 2.35. The smallest absolute Gasteiger partial charge is 0.254 e. The molecule has 1 aromatic carbocycles. The Morgan fingerprint density at radius 3 is 2.55 bits per heavy atom. The first-order valence-corrected chi connectivity index (χ1v) is 7.08. The minimum Gasteiger partial charge on any atom is -0.377 e. The summed E-state index contributed by atoms with van der Waals surface area (Å²) in [4.78, 5) is 15.2. The third kappa shape index (κ3) is 2.78. The van der Waals surface area contributed by atoms with E-state index in [1.54, 1.807) is 0 Å². The van der Waals surface area contributed by atoms with Crippen molar-refractivity contribution in [2.75, 3.05) is 6.61 Å². The van der Waals surface area contributed by atoms with E-state index in [9.17, 15) is 4.79 Å². The van der Waals surface area contributed by atoms with Gasteiger partial charge in [0.2, 0.25) is 0 Å². The van der Waals surface area contributed by atoms with E-state index in [1.165, 1.54) is 5.56 Å². The Labute approximate surface area is 120 Å². The van der Waals surface area contributed by atoms with E-state index < -0.39 is 0 Å². The third-order valence-electron chi connectivity index (χ3n) is 3.72. The number of ether oxygens (including phenoxy) is 1. The van der Waals surface area contributed by atoms with Crippen LogP contribution in [0.1, 0.15) is 44.4 Å². The van der Waals surface area contributed by atoms with E-state index in [0.29, 0.717) is 13.2 Å². The van der Waals surface area contributed by atoms with Crippen LogP contribution in [0, 0.1) is 6.92 Å². The van der Waals surface area contributed by atoms with Gasteiger partial charge in [0.25, 0.3) is 5.56 Å². The van der Waals surface area contributed by atoms with E-state index >= 15 is 0 Å². The van der Waals surface area contributed by atoms with Gasteiger partial charge in [-0.25, -0.2) is 0 Å². The van der Waals surface area contributed by atoms with Crippen LogP contribution < -0.4 is 5.56 Å². The molecular formula is C17H23NO2. The molecule has 0 atom stereocenters. The second kappa shape index (κ2) is 5.41. The summed E-state index contributed by atoms with van der Waals surface area (Å²) in [6.07, 6.45) is 0. The molecule has 0 saturated heterocycles. The largest absolute Gasteiger partial charge is 0.377 e. The highest BCUT2D eigenvalue weighted by Gasteiger charge is 2.15. The molecule has 1 heterocycles. The van der Waals surface area contributed by atoms with Gasteiger partial charge in [-0.2, -0.15) is 0 Å². The average Bonchev–Trinajstić information content (AvgIpc) is 2.37. The van der Waals surface area contributed by atoms with Gasteiger partial charge >= 0.3 is 0 Å². The minimum atomic E-state index is -0.0468. The van der Waals surface area contributed by atoms with Gasteiger partial charge in [-0.1, -0.05) is 32.9 Å². The highest BCUT2D eigenvalue weighted by molar-refractivity contribution is 5.83. The first-order valence-electron chi connectivity index (χ1n) is 7.08. The van der Waals surface area contributed by atoms with Crippen molar-refractivity contribution in [3.05, 3.63) is 45.2 Å². The predicted octanol–water partition coefficient (Wildman–Crippen LogP) is 3.67. The van der Waals surface area contributed by atoms with Gasteiger partial charge in [0.15, 0.2) is 0 Å². The SMILES string of the molecule is CCOCc1c(C)c2ccc(C(C)(C)C)cc2[nH]c1=O. The van der Waals surface area contributed by atoms with Crippen LogP contribution in [0.25, 0.3) is 10.9 Å². The molecule has 0 bridgehead atoms. The zero-order valence-corrected chi connectivity index (χ0v) is 13.0. The second-order valence-electron chi connectivity index (χ2n) is 6.21. The van der Waals surface area contributed by atoms with Crippen molar-refractivity contribution in [3.8, 4) is 0 Å². The molecule has 0 fully saturated rings. The molecule has 0 unspecified atom stereocenters.